The number of rotatable bonds is 2. The summed E-state index contributed by atoms with van der Waals surface area (Å²) in [4.78, 5) is 0. The number of hydrogen-bond acceptors (Lipinski definition) is 1. The Morgan fingerprint density at radius 1 is 0.909 bits per heavy atom. The van der Waals surface area contributed by atoms with Crippen molar-refractivity contribution >= 4 is 0 Å². The van der Waals surface area contributed by atoms with Gasteiger partial charge in [-0.3, -0.25) is 12.2 Å². The van der Waals surface area contributed by atoms with Gasteiger partial charge in [-0.15, -0.1) is 18.2 Å². The molecule has 2 aliphatic carbocycles. The van der Waals surface area contributed by atoms with E-state index in [0.717, 1.165) is 11.4 Å². The van der Waals surface area contributed by atoms with Gasteiger partial charge in [-0.1, -0.05) is 51.4 Å². The summed E-state index contributed by atoms with van der Waals surface area (Å²) in [6.07, 6.45) is 22.8. The van der Waals surface area contributed by atoms with Gasteiger partial charge in [-0.05, 0) is 0 Å². The molecule has 2 rings (SSSR count). The van der Waals surface area contributed by atoms with E-state index in [1.165, 1.54) is 5.92 Å². The van der Waals surface area contributed by atoms with Crippen LogP contribution in [0.25, 0.3) is 0 Å². The first kappa shape index (κ1) is 24.6. The Labute approximate surface area is 186 Å². The van der Waals surface area contributed by atoms with E-state index in [9.17, 15) is 0 Å². The summed E-state index contributed by atoms with van der Waals surface area (Å²) in [6.45, 7) is 10.4. The van der Waals surface area contributed by atoms with Gasteiger partial charge >= 0.3 is 0 Å². The molecular weight excluding hydrogens is 420 g/mol. The molecule has 0 fully saturated rings. The first-order valence-electron chi connectivity index (χ1n) is 7.14. The van der Waals surface area contributed by atoms with E-state index in [4.69, 9.17) is 0 Å². The van der Waals surface area contributed by atoms with Gasteiger partial charge in [0.1, 0.15) is 0 Å². The summed E-state index contributed by atoms with van der Waals surface area (Å²) in [7, 11) is 0. The van der Waals surface area contributed by atoms with Gasteiger partial charge in [0.05, 0.1) is 0 Å². The second-order valence-electron chi connectivity index (χ2n) is 5.14. The van der Waals surface area contributed by atoms with E-state index >= 15 is 0 Å². The van der Waals surface area contributed by atoms with Crippen molar-refractivity contribution < 1.29 is 65.4 Å². The Morgan fingerprint density at radius 2 is 1.50 bits per heavy atom. The van der Waals surface area contributed by atoms with Gasteiger partial charge < -0.3 is 5.32 Å². The minimum Gasteiger partial charge on any atom is -0.402 e. The van der Waals surface area contributed by atoms with Crippen LogP contribution >= 0.6 is 0 Å². The molecule has 1 nitrogen and oxygen atoms in total. The van der Waals surface area contributed by atoms with Crippen molar-refractivity contribution in [2.24, 2.45) is 5.41 Å². The number of nitrogens with one attached hydrogen (secondary N) is 1. The molecule has 0 aliphatic heterocycles. The van der Waals surface area contributed by atoms with E-state index in [1.54, 1.807) is 0 Å². The van der Waals surface area contributed by atoms with Crippen LogP contribution in [0.15, 0.2) is 60.0 Å². The van der Waals surface area contributed by atoms with Crippen LogP contribution in [-0.4, -0.2) is 0 Å². The topological polar surface area (TPSA) is 12.0 Å². The molecule has 0 spiro atoms. The minimum atomic E-state index is 0. The zero-order valence-electron chi connectivity index (χ0n) is 14.3. The van der Waals surface area contributed by atoms with Crippen molar-refractivity contribution in [3.8, 4) is 0 Å². The number of allylic oxidation sites excluding steroid dienone is 10. The quantitative estimate of drug-likeness (QED) is 0.601. The van der Waals surface area contributed by atoms with Crippen molar-refractivity contribution in [2.75, 3.05) is 0 Å². The molecule has 114 valence electrons. The van der Waals surface area contributed by atoms with Crippen molar-refractivity contribution in [3.63, 3.8) is 0 Å². The zero-order chi connectivity index (χ0) is 15.0. The molecule has 3 heteroatoms. The molecule has 0 bridgehead atoms. The Morgan fingerprint density at radius 3 is 2.18 bits per heavy atom. The molecular formula is C19H24NY2-3. The Kier molecular flexibility index (Phi) is 14.2. The molecule has 22 heavy (non-hydrogen) atoms. The summed E-state index contributed by atoms with van der Waals surface area (Å²) >= 11 is 0. The van der Waals surface area contributed by atoms with Gasteiger partial charge in [0, 0.05) is 65.4 Å². The molecule has 0 heterocycles. The monoisotopic (exact) mass is 444 g/mol. The zero-order valence-corrected chi connectivity index (χ0v) is 20.0. The maximum absolute atomic E-state index is 3.32. The Bertz CT molecular complexity index is 492. The molecule has 0 saturated carbocycles. The third-order valence-corrected chi connectivity index (χ3v) is 2.80. The molecule has 0 unspecified atom stereocenters. The molecule has 0 aromatic carbocycles. The van der Waals surface area contributed by atoms with Gasteiger partial charge in [-0.25, -0.2) is 12.0 Å². The van der Waals surface area contributed by atoms with Crippen molar-refractivity contribution in [2.45, 2.75) is 34.6 Å². The van der Waals surface area contributed by atoms with Crippen molar-refractivity contribution in [1.82, 2.24) is 5.32 Å². The smallest absolute Gasteiger partial charge is 0 e. The molecule has 0 aromatic rings. The summed E-state index contributed by atoms with van der Waals surface area (Å²) in [5, 5.41) is 3.32. The predicted octanol–water partition coefficient (Wildman–Crippen LogP) is 4.84. The van der Waals surface area contributed by atoms with Gasteiger partial charge in [-0.2, -0.15) is 24.3 Å². The first-order valence-corrected chi connectivity index (χ1v) is 7.14. The van der Waals surface area contributed by atoms with Crippen LogP contribution < -0.4 is 5.32 Å². The third-order valence-electron chi connectivity index (χ3n) is 2.80. The van der Waals surface area contributed by atoms with Crippen LogP contribution in [0.1, 0.15) is 34.6 Å². The molecule has 0 amide bonds. The van der Waals surface area contributed by atoms with Crippen LogP contribution in [0.4, 0.5) is 0 Å². The standard InChI is InChI=1S/C17H18N.C2H6.2Y/c1-14-6-4-7-15(10-9-14)18-16-8-5-12-17(2,3)13-11-16;1-2;;/h4-6,9-13,18H,1-3H3;1-2H3;;/q-3;;;. The van der Waals surface area contributed by atoms with Crippen LogP contribution in [0.3, 0.4) is 0 Å². The molecule has 2 radical (unpaired) electrons. The average Bonchev–Trinajstić information content (AvgIpc) is 2.72. The maximum atomic E-state index is 3.32. The van der Waals surface area contributed by atoms with Crippen molar-refractivity contribution in [1.29, 1.82) is 0 Å². The molecule has 0 saturated heterocycles. The fraction of sp³-hybridized carbons (Fsp3) is 0.316. The summed E-state index contributed by atoms with van der Waals surface area (Å²) in [6, 6.07) is 0. The minimum absolute atomic E-state index is 0. The second kappa shape index (κ2) is 12.7. The third kappa shape index (κ3) is 9.46. The largest absolute Gasteiger partial charge is 0.402 e. The fourth-order valence-electron chi connectivity index (χ4n) is 1.63. The predicted molar refractivity (Wildman–Crippen MR) is 87.3 cm³/mol. The SMILES string of the molecule is CC.C[C-]1C=C[C-]=C(NC2=[C-]C=CC(C)(C)C=C2)C=C1.[Y].[Y]. The summed E-state index contributed by atoms with van der Waals surface area (Å²) in [5.74, 6) is 1.22. The Balaban J connectivity index is 0. The van der Waals surface area contributed by atoms with Gasteiger partial charge in [0.15, 0.2) is 0 Å². The average molecular weight is 444 g/mol. The molecule has 1 N–H and O–H groups in total. The van der Waals surface area contributed by atoms with Crippen LogP contribution in [-0.2, 0) is 65.4 Å². The Hall–Kier alpha value is 0.318. The van der Waals surface area contributed by atoms with Crippen LogP contribution in [0, 0.1) is 23.5 Å². The van der Waals surface area contributed by atoms with E-state index in [1.807, 2.05) is 38.2 Å². The molecule has 2 aliphatic rings. The van der Waals surface area contributed by atoms with Gasteiger partial charge in [0.2, 0.25) is 0 Å². The van der Waals surface area contributed by atoms with Gasteiger partial charge in [0.25, 0.3) is 0 Å². The van der Waals surface area contributed by atoms with E-state index < -0.39 is 0 Å². The van der Waals surface area contributed by atoms with Crippen LogP contribution in [0.5, 0.6) is 0 Å². The fourth-order valence-corrected chi connectivity index (χ4v) is 1.63. The van der Waals surface area contributed by atoms with Crippen LogP contribution in [0.2, 0.25) is 0 Å². The normalized spacial score (nSPS) is 17.6. The molecule has 0 atom stereocenters. The first-order chi connectivity index (χ1) is 9.55. The summed E-state index contributed by atoms with van der Waals surface area (Å²) < 4.78 is 0. The molecule has 0 aromatic heterocycles. The maximum Gasteiger partial charge on any atom is 0 e. The summed E-state index contributed by atoms with van der Waals surface area (Å²) in [5.41, 5.74) is 1.98. The second-order valence-corrected chi connectivity index (χ2v) is 5.14. The van der Waals surface area contributed by atoms with E-state index in [-0.39, 0.29) is 70.8 Å². The van der Waals surface area contributed by atoms with Crippen molar-refractivity contribution in [3.05, 3.63) is 78.1 Å². The number of hydrogen-bond donors (Lipinski definition) is 1. The van der Waals surface area contributed by atoms with E-state index in [2.05, 4.69) is 62.5 Å². The van der Waals surface area contributed by atoms with E-state index in [0.29, 0.717) is 0 Å².